The fourth-order valence-electron chi connectivity index (χ4n) is 3.50. The molecule has 4 N–H and O–H groups in total. The molecule has 2 aliphatic rings. The first-order chi connectivity index (χ1) is 17.0. The summed E-state index contributed by atoms with van der Waals surface area (Å²) in [6.07, 6.45) is 4.51. The van der Waals surface area contributed by atoms with Gasteiger partial charge in [0.05, 0.1) is 6.42 Å². The van der Waals surface area contributed by atoms with E-state index in [2.05, 4.69) is 21.3 Å². The van der Waals surface area contributed by atoms with E-state index < -0.39 is 53.8 Å². The quantitative estimate of drug-likeness (QED) is 0.178. The molecule has 10 nitrogen and oxygen atoms in total. The van der Waals surface area contributed by atoms with Gasteiger partial charge in [-0.2, -0.15) is 0 Å². The van der Waals surface area contributed by atoms with Gasteiger partial charge in [0.25, 0.3) is 5.91 Å². The van der Waals surface area contributed by atoms with Crippen LogP contribution in [0.2, 0.25) is 0 Å². The third kappa shape index (κ3) is 8.88. The molecule has 1 saturated heterocycles. The third-order valence-electron chi connectivity index (χ3n) is 5.59. The van der Waals surface area contributed by atoms with Crippen molar-refractivity contribution in [2.75, 3.05) is 11.5 Å². The van der Waals surface area contributed by atoms with Gasteiger partial charge in [-0.25, -0.2) is 4.79 Å². The Bertz CT molecular complexity index is 905. The molecule has 0 aromatic heterocycles. The van der Waals surface area contributed by atoms with Crippen molar-refractivity contribution in [3.63, 3.8) is 0 Å². The normalized spacial score (nSPS) is 28.8. The Balaban J connectivity index is 2.55. The van der Waals surface area contributed by atoms with Crippen molar-refractivity contribution in [1.82, 2.24) is 21.3 Å². The lowest BCUT2D eigenvalue weighted by molar-refractivity contribution is -0.153. The number of esters is 1. The molecule has 0 aromatic rings. The van der Waals surface area contributed by atoms with Gasteiger partial charge in [-0.3, -0.25) is 19.2 Å². The molecule has 36 heavy (non-hydrogen) atoms. The largest absolute Gasteiger partial charge is 0.456 e. The Kier molecular flexibility index (Phi) is 11.8. The van der Waals surface area contributed by atoms with Gasteiger partial charge >= 0.3 is 5.97 Å². The lowest BCUT2D eigenvalue weighted by Crippen LogP contribution is -2.57. The summed E-state index contributed by atoms with van der Waals surface area (Å²) >= 11 is 0. The highest BCUT2D eigenvalue weighted by molar-refractivity contribution is 8.76. The van der Waals surface area contributed by atoms with Crippen molar-refractivity contribution in [1.29, 1.82) is 0 Å². The second kappa shape index (κ2) is 14.3. The average molecular weight is 541 g/mol. The van der Waals surface area contributed by atoms with Crippen molar-refractivity contribution in [2.24, 2.45) is 11.8 Å². The first kappa shape index (κ1) is 29.8. The smallest absolute Gasteiger partial charge is 0.329 e. The molecule has 0 aromatic carbocycles. The van der Waals surface area contributed by atoms with Crippen LogP contribution >= 0.6 is 21.6 Å². The number of amides is 4. The van der Waals surface area contributed by atoms with Crippen molar-refractivity contribution in [2.45, 2.75) is 71.7 Å². The zero-order valence-electron chi connectivity index (χ0n) is 21.3. The van der Waals surface area contributed by atoms with E-state index in [4.69, 9.17) is 4.74 Å². The van der Waals surface area contributed by atoms with Gasteiger partial charge < -0.3 is 26.0 Å². The molecule has 12 heteroatoms. The summed E-state index contributed by atoms with van der Waals surface area (Å²) in [6.45, 7) is 8.66. The maximum Gasteiger partial charge on any atom is 0.329 e. The van der Waals surface area contributed by atoms with E-state index in [1.165, 1.54) is 27.7 Å². The van der Waals surface area contributed by atoms with Crippen LogP contribution in [0.5, 0.6) is 0 Å². The molecule has 2 heterocycles. The minimum absolute atomic E-state index is 0.0445. The van der Waals surface area contributed by atoms with Crippen molar-refractivity contribution < 1.29 is 28.7 Å². The van der Waals surface area contributed by atoms with Gasteiger partial charge in [0.15, 0.2) is 0 Å². The minimum Gasteiger partial charge on any atom is -0.456 e. The van der Waals surface area contributed by atoms with E-state index in [-0.39, 0.29) is 29.7 Å². The first-order valence-electron chi connectivity index (χ1n) is 12.0. The number of carbonyl (C=O) groups is 5. The minimum atomic E-state index is -1.00. The summed E-state index contributed by atoms with van der Waals surface area (Å²) < 4.78 is 5.65. The molecule has 2 bridgehead atoms. The van der Waals surface area contributed by atoms with Crippen LogP contribution in [0.1, 0.15) is 47.5 Å². The summed E-state index contributed by atoms with van der Waals surface area (Å²) in [5, 5.41) is 10.7. The number of ether oxygens (including phenoxy) is 1. The Labute approximate surface area is 220 Å². The van der Waals surface area contributed by atoms with Crippen LogP contribution in [-0.4, -0.2) is 65.3 Å². The fraction of sp³-hybridized carbons (Fsp3) is 0.625. The van der Waals surface area contributed by atoms with E-state index in [1.54, 1.807) is 40.7 Å². The number of fused-ring (bicyclic) bond motifs is 7. The number of hydrogen-bond acceptors (Lipinski definition) is 8. The van der Waals surface area contributed by atoms with Crippen LogP contribution in [0.15, 0.2) is 23.9 Å². The Morgan fingerprint density at radius 1 is 0.944 bits per heavy atom. The summed E-state index contributed by atoms with van der Waals surface area (Å²) in [7, 11) is 2.95. The first-order valence-corrected chi connectivity index (χ1v) is 14.5. The number of hydrogen-bond donors (Lipinski definition) is 4. The maximum atomic E-state index is 13.2. The molecule has 2 rings (SSSR count). The zero-order valence-corrected chi connectivity index (χ0v) is 22.9. The standard InChI is InChI=1S/C24H36N4O6S2/c1-6-16-21(30)28-20(14(4)5)24(33)34-15-9-7-8-10-35-36-12-17(22(31)25-16)26-23(32)19(13(2)3)27-18(29)11-15/h6-7,9,13-15,17,19-20H,8,10-12H2,1-5H3,(H,25,31)(H,26,32)(H,27,29)(H,28,30)/b9-7?,16-6-/t15-,17-,19-,20+/m1/s1. The summed E-state index contributed by atoms with van der Waals surface area (Å²) in [6, 6.07) is -2.86. The fourth-order valence-corrected chi connectivity index (χ4v) is 5.66. The highest BCUT2D eigenvalue weighted by Gasteiger charge is 2.33. The van der Waals surface area contributed by atoms with Crippen molar-refractivity contribution in [3.05, 3.63) is 23.9 Å². The molecule has 0 saturated carbocycles. The molecular formula is C24H36N4O6S2. The molecule has 0 radical (unpaired) electrons. The van der Waals surface area contributed by atoms with Crippen LogP contribution in [0.25, 0.3) is 0 Å². The predicted molar refractivity (Wildman–Crippen MR) is 141 cm³/mol. The van der Waals surface area contributed by atoms with E-state index >= 15 is 0 Å². The topological polar surface area (TPSA) is 143 Å². The van der Waals surface area contributed by atoms with Gasteiger partial charge in [0, 0.05) is 11.5 Å². The van der Waals surface area contributed by atoms with Crippen LogP contribution in [0.3, 0.4) is 0 Å². The highest BCUT2D eigenvalue weighted by atomic mass is 33.1. The number of carbonyl (C=O) groups excluding carboxylic acids is 5. The summed E-state index contributed by atoms with van der Waals surface area (Å²) in [5.41, 5.74) is -0.0445. The third-order valence-corrected chi connectivity index (χ3v) is 8.03. The molecule has 0 spiro atoms. The number of nitrogens with one attached hydrogen (secondary N) is 4. The van der Waals surface area contributed by atoms with Gasteiger partial charge in [0.1, 0.15) is 29.9 Å². The van der Waals surface area contributed by atoms with Gasteiger partial charge in [-0.15, -0.1) is 0 Å². The Morgan fingerprint density at radius 3 is 2.28 bits per heavy atom. The van der Waals surface area contributed by atoms with Crippen LogP contribution in [0, 0.1) is 11.8 Å². The van der Waals surface area contributed by atoms with E-state index in [0.29, 0.717) is 12.2 Å². The van der Waals surface area contributed by atoms with Gasteiger partial charge in [-0.1, -0.05) is 61.4 Å². The molecule has 2 aliphatic heterocycles. The maximum absolute atomic E-state index is 13.2. The van der Waals surface area contributed by atoms with Crippen LogP contribution in [0.4, 0.5) is 0 Å². The van der Waals surface area contributed by atoms with E-state index in [1.807, 2.05) is 6.08 Å². The molecule has 0 aliphatic carbocycles. The molecule has 4 amide bonds. The van der Waals surface area contributed by atoms with Crippen LogP contribution < -0.4 is 21.3 Å². The van der Waals surface area contributed by atoms with Gasteiger partial charge in [-0.05, 0) is 31.3 Å². The van der Waals surface area contributed by atoms with Crippen molar-refractivity contribution in [3.8, 4) is 0 Å². The van der Waals surface area contributed by atoms with Gasteiger partial charge in [0.2, 0.25) is 17.7 Å². The number of rotatable bonds is 2. The predicted octanol–water partition coefficient (Wildman–Crippen LogP) is 1.43. The number of allylic oxidation sites excluding steroid dienone is 2. The molecular weight excluding hydrogens is 504 g/mol. The Morgan fingerprint density at radius 2 is 1.64 bits per heavy atom. The lowest BCUT2D eigenvalue weighted by Gasteiger charge is -2.27. The second-order valence-corrected chi connectivity index (χ2v) is 11.9. The SMILES string of the molecule is C/C=C1\NC(=O)[C@H]2CSSCCC=C[C@H](CC(=O)N[C@H](C(C)C)C(=O)N2)OC(=O)[C@H](C(C)C)NC1=O. The summed E-state index contributed by atoms with van der Waals surface area (Å²) in [4.78, 5) is 65.2. The average Bonchev–Trinajstić information content (AvgIpc) is 2.81. The van der Waals surface area contributed by atoms with Crippen molar-refractivity contribution >= 4 is 51.2 Å². The zero-order chi connectivity index (χ0) is 26.8. The summed E-state index contributed by atoms with van der Waals surface area (Å²) in [5.74, 6) is -2.54. The van der Waals surface area contributed by atoms with Crippen LogP contribution in [-0.2, 0) is 28.7 Å². The second-order valence-electron chi connectivity index (χ2n) is 9.24. The highest BCUT2D eigenvalue weighted by Crippen LogP contribution is 2.24. The lowest BCUT2D eigenvalue weighted by atomic mass is 10.0. The molecule has 0 unspecified atom stereocenters. The molecule has 200 valence electrons. The Hall–Kier alpha value is -2.47. The van der Waals surface area contributed by atoms with E-state index in [9.17, 15) is 24.0 Å². The molecule has 1 fully saturated rings. The monoisotopic (exact) mass is 540 g/mol. The van der Waals surface area contributed by atoms with E-state index in [0.717, 1.165) is 0 Å². The molecule has 4 atom stereocenters.